The lowest BCUT2D eigenvalue weighted by molar-refractivity contribution is -0.921. The van der Waals surface area contributed by atoms with Crippen molar-refractivity contribution in [2.45, 2.75) is 19.4 Å². The highest BCUT2D eigenvalue weighted by atomic mass is 35.5. The number of benzene rings is 1. The molecule has 1 aliphatic heterocycles. The molecule has 1 aromatic carbocycles. The van der Waals surface area contributed by atoms with Gasteiger partial charge in [0.1, 0.15) is 37.2 Å². The van der Waals surface area contributed by atoms with Gasteiger partial charge in [0.2, 0.25) is 0 Å². The number of furan rings is 1. The zero-order valence-corrected chi connectivity index (χ0v) is 13.6. The largest absolute Gasteiger partial charge is 1.00 e. The molecule has 1 saturated carbocycles. The van der Waals surface area contributed by atoms with Gasteiger partial charge in [-0.15, -0.1) is 0 Å². The van der Waals surface area contributed by atoms with Gasteiger partial charge in [0.25, 0.3) is 0 Å². The van der Waals surface area contributed by atoms with E-state index >= 15 is 0 Å². The van der Waals surface area contributed by atoms with Crippen LogP contribution in [0, 0.1) is 5.92 Å². The van der Waals surface area contributed by atoms with E-state index in [1.165, 1.54) is 4.90 Å². The number of halogens is 1. The zero-order chi connectivity index (χ0) is 15.1. The Kier molecular flexibility index (Phi) is 4.62. The van der Waals surface area contributed by atoms with Gasteiger partial charge in [-0.2, -0.15) is 0 Å². The first-order valence-corrected chi connectivity index (χ1v) is 7.91. The molecule has 0 unspecified atom stereocenters. The van der Waals surface area contributed by atoms with E-state index in [9.17, 15) is 9.90 Å². The van der Waals surface area contributed by atoms with Gasteiger partial charge in [0, 0.05) is 11.3 Å². The molecule has 124 valence electrons. The molecular weight excluding hydrogens is 318 g/mol. The first-order chi connectivity index (χ1) is 10.7. The van der Waals surface area contributed by atoms with E-state index in [2.05, 4.69) is 0 Å². The Bertz CT molecular complexity index is 717. The van der Waals surface area contributed by atoms with Gasteiger partial charge < -0.3 is 31.6 Å². The van der Waals surface area contributed by atoms with Crippen LogP contribution in [0.25, 0.3) is 11.0 Å². The Morgan fingerprint density at radius 1 is 1.26 bits per heavy atom. The van der Waals surface area contributed by atoms with Gasteiger partial charge in [0.05, 0.1) is 24.3 Å². The minimum Gasteiger partial charge on any atom is -1.00 e. The van der Waals surface area contributed by atoms with E-state index in [1.54, 1.807) is 18.4 Å². The summed E-state index contributed by atoms with van der Waals surface area (Å²) in [7, 11) is 0. The summed E-state index contributed by atoms with van der Waals surface area (Å²) in [5.41, 5.74) is 2.15. The van der Waals surface area contributed by atoms with Crippen LogP contribution in [0.15, 0.2) is 22.8 Å². The molecule has 2 aliphatic rings. The molecule has 1 aliphatic carbocycles. The molecule has 5 nitrogen and oxygen atoms in total. The van der Waals surface area contributed by atoms with Crippen molar-refractivity contribution >= 4 is 16.8 Å². The highest BCUT2D eigenvalue weighted by Crippen LogP contribution is 2.37. The van der Waals surface area contributed by atoms with Crippen LogP contribution in [-0.4, -0.2) is 37.2 Å². The molecule has 2 fully saturated rings. The van der Waals surface area contributed by atoms with E-state index < -0.39 is 0 Å². The molecule has 0 atom stereocenters. The van der Waals surface area contributed by atoms with E-state index in [4.69, 9.17) is 9.15 Å². The SMILES string of the molecule is O=C(c1coc2ccc(O)c(C[NH+]3CCOCC3)c12)C1CC1.[Cl-]. The van der Waals surface area contributed by atoms with Crippen molar-refractivity contribution in [2.75, 3.05) is 26.3 Å². The van der Waals surface area contributed by atoms with Crippen LogP contribution in [-0.2, 0) is 11.3 Å². The highest BCUT2D eigenvalue weighted by Gasteiger charge is 2.33. The van der Waals surface area contributed by atoms with E-state index in [1.807, 2.05) is 0 Å². The van der Waals surface area contributed by atoms with E-state index in [0.717, 1.165) is 50.1 Å². The third kappa shape index (κ3) is 3.09. The second kappa shape index (κ2) is 6.51. The average molecular weight is 338 g/mol. The molecule has 4 rings (SSSR count). The third-order valence-electron chi connectivity index (χ3n) is 4.66. The molecule has 0 radical (unpaired) electrons. The maximum atomic E-state index is 12.5. The minimum absolute atomic E-state index is 0. The molecular formula is C17H20ClNO4. The summed E-state index contributed by atoms with van der Waals surface area (Å²) in [5.74, 6) is 0.548. The number of morpholine rings is 1. The summed E-state index contributed by atoms with van der Waals surface area (Å²) in [6.07, 6.45) is 3.49. The molecule has 6 heteroatoms. The number of aromatic hydroxyl groups is 1. The van der Waals surface area contributed by atoms with Crippen molar-refractivity contribution in [2.24, 2.45) is 5.92 Å². The summed E-state index contributed by atoms with van der Waals surface area (Å²) in [4.78, 5) is 13.8. The van der Waals surface area contributed by atoms with Crippen LogP contribution in [0.3, 0.4) is 0 Å². The van der Waals surface area contributed by atoms with Crippen molar-refractivity contribution in [3.8, 4) is 5.75 Å². The Balaban J connectivity index is 0.00000156. The maximum absolute atomic E-state index is 12.5. The third-order valence-corrected chi connectivity index (χ3v) is 4.66. The predicted molar refractivity (Wildman–Crippen MR) is 80.2 cm³/mol. The number of carbonyl (C=O) groups is 1. The summed E-state index contributed by atoms with van der Waals surface area (Å²) >= 11 is 0. The maximum Gasteiger partial charge on any atom is 0.169 e. The monoisotopic (exact) mass is 337 g/mol. The van der Waals surface area contributed by atoms with Crippen molar-refractivity contribution < 1.29 is 36.4 Å². The van der Waals surface area contributed by atoms with Gasteiger partial charge in [0.15, 0.2) is 5.78 Å². The van der Waals surface area contributed by atoms with Crippen LogP contribution >= 0.6 is 0 Å². The standard InChI is InChI=1S/C17H19NO4.ClH/c19-14-3-4-15-16(12(14)9-18-5-7-21-8-6-18)13(10-22-15)17(20)11-1-2-11;/h3-4,10-11,19H,1-2,5-9H2;1H. The number of phenolic OH excluding ortho intramolecular Hbond substituents is 1. The number of phenols is 1. The second-order valence-corrected chi connectivity index (χ2v) is 6.26. The number of ketones is 1. The van der Waals surface area contributed by atoms with Crippen molar-refractivity contribution in [3.05, 3.63) is 29.5 Å². The fraction of sp³-hybridized carbons (Fsp3) is 0.471. The molecule has 0 amide bonds. The molecule has 2 N–H and O–H groups in total. The summed E-state index contributed by atoms with van der Waals surface area (Å²) in [6, 6.07) is 3.40. The number of hydrogen-bond donors (Lipinski definition) is 2. The van der Waals surface area contributed by atoms with Gasteiger partial charge in [-0.25, -0.2) is 0 Å². The number of fused-ring (bicyclic) bond motifs is 1. The fourth-order valence-electron chi connectivity index (χ4n) is 3.20. The number of nitrogens with one attached hydrogen (secondary N) is 1. The number of rotatable bonds is 4. The minimum atomic E-state index is 0. The molecule has 23 heavy (non-hydrogen) atoms. The lowest BCUT2D eigenvalue weighted by atomic mass is 10.00. The van der Waals surface area contributed by atoms with Crippen LogP contribution in [0.4, 0.5) is 0 Å². The van der Waals surface area contributed by atoms with E-state index in [0.29, 0.717) is 17.7 Å². The topological polar surface area (TPSA) is 64.1 Å². The summed E-state index contributed by atoms with van der Waals surface area (Å²) in [6.45, 7) is 4.01. The van der Waals surface area contributed by atoms with Gasteiger partial charge in [-0.1, -0.05) is 0 Å². The fourth-order valence-corrected chi connectivity index (χ4v) is 3.20. The van der Waals surface area contributed by atoms with Crippen LogP contribution in [0.5, 0.6) is 5.75 Å². The highest BCUT2D eigenvalue weighted by molar-refractivity contribution is 6.10. The Morgan fingerprint density at radius 3 is 2.70 bits per heavy atom. The second-order valence-electron chi connectivity index (χ2n) is 6.26. The number of quaternary nitrogens is 1. The Hall–Kier alpha value is -1.56. The van der Waals surface area contributed by atoms with Gasteiger partial charge >= 0.3 is 0 Å². The van der Waals surface area contributed by atoms with Crippen LogP contribution < -0.4 is 17.3 Å². The Morgan fingerprint density at radius 2 is 2.00 bits per heavy atom. The van der Waals surface area contributed by atoms with E-state index in [-0.39, 0.29) is 29.9 Å². The molecule has 0 bridgehead atoms. The summed E-state index contributed by atoms with van der Waals surface area (Å²) in [5, 5.41) is 11.1. The van der Waals surface area contributed by atoms with Crippen molar-refractivity contribution in [3.63, 3.8) is 0 Å². The predicted octanol–water partition coefficient (Wildman–Crippen LogP) is -1.85. The molecule has 2 heterocycles. The number of hydrogen-bond acceptors (Lipinski definition) is 4. The number of carbonyl (C=O) groups excluding carboxylic acids is 1. The quantitative estimate of drug-likeness (QED) is 0.643. The van der Waals surface area contributed by atoms with Crippen LogP contribution in [0.1, 0.15) is 28.8 Å². The first-order valence-electron chi connectivity index (χ1n) is 7.91. The zero-order valence-electron chi connectivity index (χ0n) is 12.8. The smallest absolute Gasteiger partial charge is 0.169 e. The average Bonchev–Trinajstić information content (AvgIpc) is 3.30. The van der Waals surface area contributed by atoms with Gasteiger partial charge in [-0.05, 0) is 25.0 Å². The van der Waals surface area contributed by atoms with Crippen molar-refractivity contribution in [1.82, 2.24) is 0 Å². The molecule has 0 spiro atoms. The first kappa shape index (κ1) is 16.3. The molecule has 2 aromatic rings. The Labute approximate surface area is 140 Å². The molecule has 1 saturated heterocycles. The lowest BCUT2D eigenvalue weighted by Gasteiger charge is -2.24. The molecule has 1 aromatic heterocycles. The normalized spacial score (nSPS) is 18.8. The number of ether oxygens (including phenoxy) is 1. The van der Waals surface area contributed by atoms with Gasteiger partial charge in [-0.3, -0.25) is 4.79 Å². The van der Waals surface area contributed by atoms with Crippen molar-refractivity contribution in [1.29, 1.82) is 0 Å². The summed E-state index contributed by atoms with van der Waals surface area (Å²) < 4.78 is 11.0. The van der Waals surface area contributed by atoms with Crippen LogP contribution in [0.2, 0.25) is 0 Å². The number of Topliss-reactive ketones (excluding diaryl/α,β-unsaturated/α-hetero) is 1. The lowest BCUT2D eigenvalue weighted by Crippen LogP contribution is -3.12.